The van der Waals surface area contributed by atoms with Crippen LogP contribution in [0.5, 0.6) is 5.75 Å². The molecule has 3 heteroatoms. The van der Waals surface area contributed by atoms with Gasteiger partial charge < -0.3 is 14.9 Å². The molecule has 1 aromatic rings. The van der Waals surface area contributed by atoms with Crippen molar-refractivity contribution in [2.45, 2.75) is 19.4 Å². The van der Waals surface area contributed by atoms with Crippen LogP contribution < -0.4 is 4.74 Å². The zero-order valence-electron chi connectivity index (χ0n) is 8.31. The lowest BCUT2D eigenvalue weighted by atomic mass is 10.1. The molecule has 0 amide bonds. The molecule has 14 heavy (non-hydrogen) atoms. The maximum absolute atomic E-state index is 9.25. The summed E-state index contributed by atoms with van der Waals surface area (Å²) < 4.78 is 5.34. The number of hydrogen-bond acceptors (Lipinski definition) is 3. The summed E-state index contributed by atoms with van der Waals surface area (Å²) in [4.78, 5) is 0. The number of benzene rings is 1. The first kappa shape index (κ1) is 11.0. The first-order chi connectivity index (χ1) is 6.74. The van der Waals surface area contributed by atoms with Gasteiger partial charge in [-0.3, -0.25) is 0 Å². The topological polar surface area (TPSA) is 49.7 Å². The lowest BCUT2D eigenvalue weighted by molar-refractivity contribution is 0.199. The molecule has 0 fully saturated rings. The zero-order chi connectivity index (χ0) is 10.4. The van der Waals surface area contributed by atoms with Gasteiger partial charge in [-0.1, -0.05) is 12.1 Å². The van der Waals surface area contributed by atoms with Crippen LogP contribution in [0, 0.1) is 0 Å². The number of hydrogen-bond donors (Lipinski definition) is 2. The third kappa shape index (κ3) is 3.36. The van der Waals surface area contributed by atoms with Crippen molar-refractivity contribution < 1.29 is 14.9 Å². The fraction of sp³-hybridized carbons (Fsp3) is 0.455. The first-order valence-electron chi connectivity index (χ1n) is 4.75. The average molecular weight is 196 g/mol. The van der Waals surface area contributed by atoms with E-state index in [-0.39, 0.29) is 6.61 Å². The summed E-state index contributed by atoms with van der Waals surface area (Å²) in [5.41, 5.74) is 0.875. The standard InChI is InChI=1S/C11H16O3/c1-9(13)10-3-5-11(6-4-10)14-8-2-7-12/h3-6,9,12-13H,2,7-8H2,1H3/t9-/m0/s1. The molecule has 0 aliphatic carbocycles. The van der Waals surface area contributed by atoms with Crippen molar-refractivity contribution in [1.29, 1.82) is 0 Å². The Morgan fingerprint density at radius 1 is 1.29 bits per heavy atom. The Balaban J connectivity index is 2.47. The normalized spacial score (nSPS) is 12.5. The fourth-order valence-electron chi connectivity index (χ4n) is 1.10. The van der Waals surface area contributed by atoms with Crippen LogP contribution in [0.2, 0.25) is 0 Å². The monoisotopic (exact) mass is 196 g/mol. The highest BCUT2D eigenvalue weighted by atomic mass is 16.5. The van der Waals surface area contributed by atoms with E-state index < -0.39 is 6.10 Å². The van der Waals surface area contributed by atoms with Crippen molar-refractivity contribution in [1.82, 2.24) is 0 Å². The van der Waals surface area contributed by atoms with Gasteiger partial charge in [0.2, 0.25) is 0 Å². The number of ether oxygens (including phenoxy) is 1. The van der Waals surface area contributed by atoms with Crippen LogP contribution in [0.3, 0.4) is 0 Å². The van der Waals surface area contributed by atoms with Gasteiger partial charge in [-0.2, -0.15) is 0 Å². The van der Waals surface area contributed by atoms with E-state index >= 15 is 0 Å². The molecule has 2 N–H and O–H groups in total. The van der Waals surface area contributed by atoms with Gasteiger partial charge in [0.1, 0.15) is 5.75 Å². The van der Waals surface area contributed by atoms with E-state index in [4.69, 9.17) is 9.84 Å². The zero-order valence-corrected chi connectivity index (χ0v) is 8.31. The van der Waals surface area contributed by atoms with Crippen LogP contribution >= 0.6 is 0 Å². The Hall–Kier alpha value is -1.06. The summed E-state index contributed by atoms with van der Waals surface area (Å²) in [6, 6.07) is 7.30. The minimum atomic E-state index is -0.443. The van der Waals surface area contributed by atoms with Gasteiger partial charge >= 0.3 is 0 Å². The van der Waals surface area contributed by atoms with Crippen LogP contribution in [0.4, 0.5) is 0 Å². The Morgan fingerprint density at radius 3 is 2.43 bits per heavy atom. The Labute approximate surface area is 84.0 Å². The predicted octanol–water partition coefficient (Wildman–Crippen LogP) is 1.50. The summed E-state index contributed by atoms with van der Waals surface area (Å²) in [6.45, 7) is 2.39. The predicted molar refractivity (Wildman–Crippen MR) is 54.3 cm³/mol. The van der Waals surface area contributed by atoms with E-state index in [1.54, 1.807) is 6.92 Å². The molecule has 0 saturated heterocycles. The molecule has 3 nitrogen and oxygen atoms in total. The molecule has 0 aliphatic rings. The van der Waals surface area contributed by atoms with Gasteiger partial charge in [-0.15, -0.1) is 0 Å². The van der Waals surface area contributed by atoms with Crippen LogP contribution in [0.15, 0.2) is 24.3 Å². The van der Waals surface area contributed by atoms with Gasteiger partial charge in [0, 0.05) is 13.0 Å². The average Bonchev–Trinajstić information content (AvgIpc) is 2.19. The molecular weight excluding hydrogens is 180 g/mol. The van der Waals surface area contributed by atoms with Crippen LogP contribution in [-0.4, -0.2) is 23.4 Å². The van der Waals surface area contributed by atoms with Crippen molar-refractivity contribution in [3.8, 4) is 5.75 Å². The molecule has 1 rings (SSSR count). The van der Waals surface area contributed by atoms with Crippen LogP contribution in [0.1, 0.15) is 25.0 Å². The number of aliphatic hydroxyl groups excluding tert-OH is 2. The quantitative estimate of drug-likeness (QED) is 0.702. The second kappa shape index (κ2) is 5.62. The Morgan fingerprint density at radius 2 is 1.93 bits per heavy atom. The fourth-order valence-corrected chi connectivity index (χ4v) is 1.10. The van der Waals surface area contributed by atoms with Gasteiger partial charge in [0.25, 0.3) is 0 Å². The molecular formula is C11H16O3. The van der Waals surface area contributed by atoms with Crippen molar-refractivity contribution >= 4 is 0 Å². The molecule has 1 atom stereocenters. The van der Waals surface area contributed by atoms with Gasteiger partial charge in [0.05, 0.1) is 12.7 Å². The maximum atomic E-state index is 9.25. The highest BCUT2D eigenvalue weighted by Gasteiger charge is 2.00. The third-order valence-corrected chi connectivity index (χ3v) is 1.93. The first-order valence-corrected chi connectivity index (χ1v) is 4.75. The number of aliphatic hydroxyl groups is 2. The Kier molecular flexibility index (Phi) is 4.43. The second-order valence-electron chi connectivity index (χ2n) is 3.17. The highest BCUT2D eigenvalue weighted by molar-refractivity contribution is 5.28. The summed E-state index contributed by atoms with van der Waals surface area (Å²) >= 11 is 0. The molecule has 0 heterocycles. The van der Waals surface area contributed by atoms with Crippen molar-refractivity contribution in [3.63, 3.8) is 0 Å². The lowest BCUT2D eigenvalue weighted by Crippen LogP contribution is -1.99. The van der Waals surface area contributed by atoms with Gasteiger partial charge in [-0.05, 0) is 24.6 Å². The summed E-state index contributed by atoms with van der Waals surface area (Å²) in [5.74, 6) is 0.767. The van der Waals surface area contributed by atoms with E-state index in [2.05, 4.69) is 0 Å². The smallest absolute Gasteiger partial charge is 0.119 e. The third-order valence-electron chi connectivity index (χ3n) is 1.93. The second-order valence-corrected chi connectivity index (χ2v) is 3.17. The molecule has 1 aromatic carbocycles. The molecule has 0 aliphatic heterocycles. The SMILES string of the molecule is C[C@H](O)c1ccc(OCCCO)cc1. The lowest BCUT2D eigenvalue weighted by Gasteiger charge is -2.07. The van der Waals surface area contributed by atoms with E-state index in [0.717, 1.165) is 11.3 Å². The molecule has 0 aromatic heterocycles. The van der Waals surface area contributed by atoms with Crippen molar-refractivity contribution in [2.75, 3.05) is 13.2 Å². The highest BCUT2D eigenvalue weighted by Crippen LogP contribution is 2.17. The van der Waals surface area contributed by atoms with Crippen molar-refractivity contribution in [3.05, 3.63) is 29.8 Å². The molecule has 0 saturated carbocycles. The van der Waals surface area contributed by atoms with E-state index in [1.807, 2.05) is 24.3 Å². The summed E-state index contributed by atoms with van der Waals surface area (Å²) in [7, 11) is 0. The van der Waals surface area contributed by atoms with Crippen LogP contribution in [0.25, 0.3) is 0 Å². The van der Waals surface area contributed by atoms with E-state index in [0.29, 0.717) is 13.0 Å². The maximum Gasteiger partial charge on any atom is 0.119 e. The largest absolute Gasteiger partial charge is 0.494 e. The molecule has 78 valence electrons. The van der Waals surface area contributed by atoms with Gasteiger partial charge in [0.15, 0.2) is 0 Å². The number of rotatable bonds is 5. The summed E-state index contributed by atoms with van der Waals surface area (Å²) in [5, 5.41) is 17.8. The summed E-state index contributed by atoms with van der Waals surface area (Å²) in [6.07, 6.45) is 0.194. The van der Waals surface area contributed by atoms with Gasteiger partial charge in [-0.25, -0.2) is 0 Å². The minimum Gasteiger partial charge on any atom is -0.494 e. The van der Waals surface area contributed by atoms with E-state index in [1.165, 1.54) is 0 Å². The Bertz CT molecular complexity index is 254. The molecule has 0 radical (unpaired) electrons. The van der Waals surface area contributed by atoms with Crippen LogP contribution in [-0.2, 0) is 0 Å². The minimum absolute atomic E-state index is 0.145. The van der Waals surface area contributed by atoms with Crippen molar-refractivity contribution in [2.24, 2.45) is 0 Å². The van der Waals surface area contributed by atoms with E-state index in [9.17, 15) is 5.11 Å². The molecule has 0 unspecified atom stereocenters. The molecule has 0 spiro atoms. The molecule has 0 bridgehead atoms.